The molecule has 0 amide bonds. The molecule has 0 fully saturated rings. The summed E-state index contributed by atoms with van der Waals surface area (Å²) in [7, 11) is 1.74. The number of aliphatic hydroxyl groups excluding tert-OH is 1. The predicted molar refractivity (Wildman–Crippen MR) is 73.5 cm³/mol. The molecule has 1 aliphatic rings. The predicted octanol–water partition coefficient (Wildman–Crippen LogP) is 3.35. The summed E-state index contributed by atoms with van der Waals surface area (Å²) in [6.45, 7) is 3.02. The van der Waals surface area contributed by atoms with Crippen LogP contribution in [0.3, 0.4) is 0 Å². The highest BCUT2D eigenvalue weighted by atomic mass is 16.5. The Bertz CT molecular complexity index is 375. The number of rotatable bonds is 4. The lowest BCUT2D eigenvalue weighted by Crippen LogP contribution is -2.20. The van der Waals surface area contributed by atoms with E-state index in [9.17, 15) is 5.11 Å². The fraction of sp³-hybridized carbons (Fsp3) is 0.625. The van der Waals surface area contributed by atoms with Gasteiger partial charge in [-0.1, -0.05) is 31.2 Å². The Morgan fingerprint density at radius 2 is 2.17 bits per heavy atom. The largest absolute Gasteiger partial charge is 0.388 e. The van der Waals surface area contributed by atoms with Crippen LogP contribution in [0.2, 0.25) is 0 Å². The van der Waals surface area contributed by atoms with Gasteiger partial charge in [-0.2, -0.15) is 0 Å². The normalized spacial score (nSPS) is 25.3. The number of fused-ring (bicyclic) bond motifs is 1. The maximum absolute atomic E-state index is 10.6. The van der Waals surface area contributed by atoms with E-state index in [0.717, 1.165) is 31.4 Å². The summed E-state index contributed by atoms with van der Waals surface area (Å²) in [6, 6.07) is 8.34. The summed E-state index contributed by atoms with van der Waals surface area (Å²) in [6.07, 6.45) is 4.10. The SMILES string of the molecule is COCCC(C)C1CCCc2ccccc2C1O. The van der Waals surface area contributed by atoms with E-state index in [1.165, 1.54) is 12.0 Å². The summed E-state index contributed by atoms with van der Waals surface area (Å²) in [4.78, 5) is 0. The summed E-state index contributed by atoms with van der Waals surface area (Å²) in [5.74, 6) is 0.870. The van der Waals surface area contributed by atoms with Crippen LogP contribution in [-0.4, -0.2) is 18.8 Å². The maximum atomic E-state index is 10.6. The summed E-state index contributed by atoms with van der Waals surface area (Å²) < 4.78 is 5.16. The van der Waals surface area contributed by atoms with Crippen molar-refractivity contribution in [3.05, 3.63) is 35.4 Å². The Morgan fingerprint density at radius 3 is 2.94 bits per heavy atom. The average molecular weight is 248 g/mol. The van der Waals surface area contributed by atoms with Crippen molar-refractivity contribution in [2.45, 2.75) is 38.7 Å². The Balaban J connectivity index is 2.14. The first kappa shape index (κ1) is 13.6. The highest BCUT2D eigenvalue weighted by Crippen LogP contribution is 2.38. The van der Waals surface area contributed by atoms with E-state index in [2.05, 4.69) is 25.1 Å². The van der Waals surface area contributed by atoms with E-state index >= 15 is 0 Å². The van der Waals surface area contributed by atoms with Crippen molar-refractivity contribution >= 4 is 0 Å². The average Bonchev–Trinajstić information content (AvgIpc) is 2.56. The van der Waals surface area contributed by atoms with Crippen LogP contribution >= 0.6 is 0 Å². The van der Waals surface area contributed by atoms with Gasteiger partial charge in [0.15, 0.2) is 0 Å². The topological polar surface area (TPSA) is 29.5 Å². The van der Waals surface area contributed by atoms with Crippen LogP contribution in [0, 0.1) is 11.8 Å². The second kappa shape index (κ2) is 6.35. The summed E-state index contributed by atoms with van der Waals surface area (Å²) in [5, 5.41) is 10.6. The van der Waals surface area contributed by atoms with Gasteiger partial charge in [0, 0.05) is 13.7 Å². The first-order chi connectivity index (χ1) is 8.74. The molecule has 0 bridgehead atoms. The van der Waals surface area contributed by atoms with Crippen LogP contribution in [0.4, 0.5) is 0 Å². The quantitative estimate of drug-likeness (QED) is 0.828. The van der Waals surface area contributed by atoms with Crippen molar-refractivity contribution in [3.63, 3.8) is 0 Å². The molecular formula is C16H24O2. The molecule has 2 rings (SSSR count). The number of aryl methyl sites for hydroxylation is 1. The fourth-order valence-corrected chi connectivity index (χ4v) is 3.08. The molecule has 18 heavy (non-hydrogen) atoms. The minimum Gasteiger partial charge on any atom is -0.388 e. The maximum Gasteiger partial charge on any atom is 0.0823 e. The number of hydrogen-bond acceptors (Lipinski definition) is 2. The molecule has 0 heterocycles. The fourth-order valence-electron chi connectivity index (χ4n) is 3.08. The summed E-state index contributed by atoms with van der Waals surface area (Å²) in [5.41, 5.74) is 2.47. The van der Waals surface area contributed by atoms with Crippen molar-refractivity contribution in [2.75, 3.05) is 13.7 Å². The highest BCUT2D eigenvalue weighted by molar-refractivity contribution is 5.30. The second-order valence-corrected chi connectivity index (χ2v) is 5.46. The monoisotopic (exact) mass is 248 g/mol. The number of benzene rings is 1. The minimum atomic E-state index is -0.310. The highest BCUT2D eigenvalue weighted by Gasteiger charge is 2.29. The number of hydrogen-bond donors (Lipinski definition) is 1. The molecule has 0 spiro atoms. The van der Waals surface area contributed by atoms with Crippen molar-refractivity contribution in [1.82, 2.24) is 0 Å². The van der Waals surface area contributed by atoms with Crippen LogP contribution in [-0.2, 0) is 11.2 Å². The van der Waals surface area contributed by atoms with Crippen LogP contribution in [0.15, 0.2) is 24.3 Å². The Morgan fingerprint density at radius 1 is 1.39 bits per heavy atom. The zero-order chi connectivity index (χ0) is 13.0. The van der Waals surface area contributed by atoms with Gasteiger partial charge in [0.2, 0.25) is 0 Å². The molecule has 0 aliphatic heterocycles. The molecule has 1 aromatic carbocycles. The zero-order valence-corrected chi connectivity index (χ0v) is 11.4. The van der Waals surface area contributed by atoms with Crippen molar-refractivity contribution in [1.29, 1.82) is 0 Å². The Labute approximate surface area is 110 Å². The third-order valence-electron chi connectivity index (χ3n) is 4.27. The number of ether oxygens (including phenoxy) is 1. The van der Waals surface area contributed by atoms with Gasteiger partial charge >= 0.3 is 0 Å². The van der Waals surface area contributed by atoms with E-state index < -0.39 is 0 Å². The molecule has 2 nitrogen and oxygen atoms in total. The molecular weight excluding hydrogens is 224 g/mol. The lowest BCUT2D eigenvalue weighted by molar-refractivity contribution is 0.0595. The van der Waals surface area contributed by atoms with Gasteiger partial charge in [0.05, 0.1) is 6.10 Å². The molecule has 0 saturated carbocycles. The first-order valence-corrected chi connectivity index (χ1v) is 6.99. The Hall–Kier alpha value is -0.860. The molecule has 3 unspecified atom stereocenters. The minimum absolute atomic E-state index is 0.310. The zero-order valence-electron chi connectivity index (χ0n) is 11.4. The van der Waals surface area contributed by atoms with Gasteiger partial charge in [-0.05, 0) is 48.6 Å². The van der Waals surface area contributed by atoms with Crippen molar-refractivity contribution in [3.8, 4) is 0 Å². The van der Waals surface area contributed by atoms with Crippen LogP contribution < -0.4 is 0 Å². The van der Waals surface area contributed by atoms with Gasteiger partial charge in [0.1, 0.15) is 0 Å². The van der Waals surface area contributed by atoms with E-state index in [1.807, 2.05) is 6.07 Å². The molecule has 1 aliphatic carbocycles. The van der Waals surface area contributed by atoms with Gasteiger partial charge in [-0.3, -0.25) is 0 Å². The summed E-state index contributed by atoms with van der Waals surface area (Å²) >= 11 is 0. The van der Waals surface area contributed by atoms with E-state index in [1.54, 1.807) is 7.11 Å². The first-order valence-electron chi connectivity index (χ1n) is 6.99. The second-order valence-electron chi connectivity index (χ2n) is 5.46. The molecule has 1 N–H and O–H groups in total. The molecule has 0 aromatic heterocycles. The smallest absolute Gasteiger partial charge is 0.0823 e. The number of aliphatic hydroxyl groups is 1. The van der Waals surface area contributed by atoms with E-state index in [-0.39, 0.29) is 6.10 Å². The lowest BCUT2D eigenvalue weighted by atomic mass is 9.82. The molecule has 100 valence electrons. The number of methoxy groups -OCH3 is 1. The van der Waals surface area contributed by atoms with Crippen LogP contribution in [0.1, 0.15) is 43.4 Å². The van der Waals surface area contributed by atoms with Gasteiger partial charge in [-0.25, -0.2) is 0 Å². The van der Waals surface area contributed by atoms with Crippen LogP contribution in [0.25, 0.3) is 0 Å². The van der Waals surface area contributed by atoms with Crippen molar-refractivity contribution in [2.24, 2.45) is 11.8 Å². The molecule has 3 atom stereocenters. The van der Waals surface area contributed by atoms with Crippen molar-refractivity contribution < 1.29 is 9.84 Å². The van der Waals surface area contributed by atoms with Gasteiger partial charge in [-0.15, -0.1) is 0 Å². The van der Waals surface area contributed by atoms with E-state index in [4.69, 9.17) is 4.74 Å². The molecule has 0 radical (unpaired) electrons. The van der Waals surface area contributed by atoms with E-state index in [0.29, 0.717) is 11.8 Å². The third kappa shape index (κ3) is 2.93. The third-order valence-corrected chi connectivity index (χ3v) is 4.27. The standard InChI is InChI=1S/C16H24O2/c1-12(10-11-18-2)14-9-5-7-13-6-3-4-8-15(13)16(14)17/h3-4,6,8,12,14,16-17H,5,7,9-11H2,1-2H3. The van der Waals surface area contributed by atoms with Gasteiger partial charge < -0.3 is 9.84 Å². The molecule has 0 saturated heterocycles. The lowest BCUT2D eigenvalue weighted by Gasteiger charge is -2.27. The Kier molecular flexibility index (Phi) is 4.79. The van der Waals surface area contributed by atoms with Gasteiger partial charge in [0.25, 0.3) is 0 Å². The molecule has 1 aromatic rings. The van der Waals surface area contributed by atoms with Crippen LogP contribution in [0.5, 0.6) is 0 Å². The molecule has 2 heteroatoms.